The van der Waals surface area contributed by atoms with Crippen molar-refractivity contribution in [3.05, 3.63) is 15.8 Å². The maximum atomic E-state index is 12.5. The van der Waals surface area contributed by atoms with Crippen LogP contribution in [0.4, 0.5) is 0 Å². The summed E-state index contributed by atoms with van der Waals surface area (Å²) in [5, 5.41) is 5.14. The first-order valence-electron chi connectivity index (χ1n) is 7.06. The molecule has 1 aromatic heterocycles. The number of methoxy groups -OCH3 is 1. The lowest BCUT2D eigenvalue weighted by atomic mass is 10.1. The van der Waals surface area contributed by atoms with Crippen LogP contribution < -0.4 is 10.0 Å². The van der Waals surface area contributed by atoms with Crippen LogP contribution in [0.15, 0.2) is 10.3 Å². The molecule has 0 bridgehead atoms. The normalized spacial score (nSPS) is 12.8. The van der Waals surface area contributed by atoms with Crippen LogP contribution >= 0.6 is 11.3 Å². The molecular weight excluding hydrogens is 308 g/mol. The standard InChI is InChI=1S/C14H26N2O3S2/c1-6-7-15-8-12-13(11(2)9-20-12)21(17,18)16-10-14(3,4)19-5/h9,15-16H,6-8,10H2,1-5H3. The van der Waals surface area contributed by atoms with Crippen molar-refractivity contribution in [3.63, 3.8) is 0 Å². The summed E-state index contributed by atoms with van der Waals surface area (Å²) in [6.07, 6.45) is 1.02. The Morgan fingerprint density at radius 3 is 2.62 bits per heavy atom. The molecule has 1 rings (SSSR count). The van der Waals surface area contributed by atoms with Crippen molar-refractivity contribution in [1.82, 2.24) is 10.0 Å². The topological polar surface area (TPSA) is 67.4 Å². The van der Waals surface area contributed by atoms with Gasteiger partial charge in [-0.05, 0) is 44.7 Å². The monoisotopic (exact) mass is 334 g/mol. The molecule has 0 saturated carbocycles. The van der Waals surface area contributed by atoms with E-state index in [0.29, 0.717) is 11.4 Å². The van der Waals surface area contributed by atoms with Gasteiger partial charge >= 0.3 is 0 Å². The summed E-state index contributed by atoms with van der Waals surface area (Å²) in [5.41, 5.74) is 0.258. The van der Waals surface area contributed by atoms with Gasteiger partial charge in [0.1, 0.15) is 4.90 Å². The molecule has 0 radical (unpaired) electrons. The summed E-state index contributed by atoms with van der Waals surface area (Å²) in [6.45, 7) is 9.30. The van der Waals surface area contributed by atoms with Gasteiger partial charge in [0.15, 0.2) is 0 Å². The molecule has 0 spiro atoms. The minimum Gasteiger partial charge on any atom is -0.377 e. The molecular formula is C14H26N2O3S2. The second kappa shape index (κ2) is 7.69. The zero-order chi connectivity index (χ0) is 16.1. The van der Waals surface area contributed by atoms with Crippen LogP contribution in [0.3, 0.4) is 0 Å². The first-order valence-corrected chi connectivity index (χ1v) is 9.42. The molecule has 21 heavy (non-hydrogen) atoms. The van der Waals surface area contributed by atoms with Crippen LogP contribution in [0.1, 0.15) is 37.6 Å². The first kappa shape index (κ1) is 18.6. The maximum absolute atomic E-state index is 12.5. The van der Waals surface area contributed by atoms with Gasteiger partial charge in [-0.3, -0.25) is 0 Å². The molecule has 5 nitrogen and oxygen atoms in total. The van der Waals surface area contributed by atoms with Gasteiger partial charge < -0.3 is 10.1 Å². The molecule has 0 aromatic carbocycles. The Morgan fingerprint density at radius 2 is 2.05 bits per heavy atom. The van der Waals surface area contributed by atoms with E-state index in [1.54, 1.807) is 7.11 Å². The lowest BCUT2D eigenvalue weighted by Crippen LogP contribution is -2.40. The minimum absolute atomic E-state index is 0.239. The first-order chi connectivity index (χ1) is 9.73. The van der Waals surface area contributed by atoms with Crippen molar-refractivity contribution in [2.45, 2.75) is 51.2 Å². The van der Waals surface area contributed by atoms with Crippen molar-refractivity contribution in [2.24, 2.45) is 0 Å². The predicted molar refractivity (Wildman–Crippen MR) is 87.3 cm³/mol. The number of hydrogen-bond donors (Lipinski definition) is 2. The molecule has 0 saturated heterocycles. The van der Waals surface area contributed by atoms with Crippen LogP contribution in [0.25, 0.3) is 0 Å². The quantitative estimate of drug-likeness (QED) is 0.680. The van der Waals surface area contributed by atoms with Crippen molar-refractivity contribution in [2.75, 3.05) is 20.2 Å². The van der Waals surface area contributed by atoms with Crippen molar-refractivity contribution >= 4 is 21.4 Å². The second-order valence-corrected chi connectivity index (χ2v) is 8.30. The molecule has 1 heterocycles. The van der Waals surface area contributed by atoms with E-state index < -0.39 is 15.6 Å². The number of rotatable bonds is 9. The summed E-state index contributed by atoms with van der Waals surface area (Å²) in [7, 11) is -1.94. The van der Waals surface area contributed by atoms with E-state index in [1.165, 1.54) is 11.3 Å². The van der Waals surface area contributed by atoms with E-state index in [1.807, 2.05) is 26.2 Å². The van der Waals surface area contributed by atoms with Crippen molar-refractivity contribution in [1.29, 1.82) is 0 Å². The molecule has 0 aliphatic carbocycles. The van der Waals surface area contributed by atoms with E-state index in [9.17, 15) is 8.42 Å². The summed E-state index contributed by atoms with van der Waals surface area (Å²) < 4.78 is 33.0. The number of thiophene rings is 1. The molecule has 7 heteroatoms. The Hall–Kier alpha value is -0.470. The van der Waals surface area contributed by atoms with Gasteiger partial charge in [-0.25, -0.2) is 13.1 Å². The third-order valence-electron chi connectivity index (χ3n) is 3.21. The highest BCUT2D eigenvalue weighted by Gasteiger charge is 2.26. The van der Waals surface area contributed by atoms with E-state index in [2.05, 4.69) is 17.0 Å². The van der Waals surface area contributed by atoms with Gasteiger partial charge in [-0.15, -0.1) is 11.3 Å². The molecule has 0 aliphatic rings. The fourth-order valence-corrected chi connectivity index (χ4v) is 4.74. The van der Waals surface area contributed by atoms with Gasteiger partial charge in [-0.2, -0.15) is 0 Å². The number of ether oxygens (including phenoxy) is 1. The van der Waals surface area contributed by atoms with Crippen LogP contribution in [0.5, 0.6) is 0 Å². The number of sulfonamides is 1. The van der Waals surface area contributed by atoms with Gasteiger partial charge in [0.25, 0.3) is 0 Å². The molecule has 0 fully saturated rings. The van der Waals surface area contributed by atoms with E-state index >= 15 is 0 Å². The lowest BCUT2D eigenvalue weighted by Gasteiger charge is -2.23. The maximum Gasteiger partial charge on any atom is 0.242 e. The Labute approximate surface area is 132 Å². The number of nitrogens with one attached hydrogen (secondary N) is 2. The fourth-order valence-electron chi connectivity index (χ4n) is 1.76. The average Bonchev–Trinajstić information content (AvgIpc) is 2.79. The van der Waals surface area contributed by atoms with E-state index in [4.69, 9.17) is 4.74 Å². The molecule has 0 aliphatic heterocycles. The summed E-state index contributed by atoms with van der Waals surface area (Å²) in [4.78, 5) is 1.26. The van der Waals surface area contributed by atoms with Gasteiger partial charge in [0.05, 0.1) is 5.60 Å². The molecule has 1 aromatic rings. The third-order valence-corrected chi connectivity index (χ3v) is 6.07. The largest absolute Gasteiger partial charge is 0.377 e. The van der Waals surface area contributed by atoms with E-state index in [-0.39, 0.29) is 6.54 Å². The Bertz CT molecular complexity index is 551. The Kier molecular flexibility index (Phi) is 6.80. The highest BCUT2D eigenvalue weighted by Crippen LogP contribution is 2.27. The van der Waals surface area contributed by atoms with E-state index in [0.717, 1.165) is 23.4 Å². The zero-order valence-electron chi connectivity index (χ0n) is 13.4. The highest BCUT2D eigenvalue weighted by atomic mass is 32.2. The molecule has 122 valence electrons. The molecule has 0 unspecified atom stereocenters. The molecule has 2 N–H and O–H groups in total. The SMILES string of the molecule is CCCNCc1scc(C)c1S(=O)(=O)NCC(C)(C)OC. The summed E-state index contributed by atoms with van der Waals surface area (Å²) >= 11 is 1.48. The number of aryl methyl sites for hydroxylation is 1. The van der Waals surface area contributed by atoms with Crippen LogP contribution in [0, 0.1) is 6.92 Å². The predicted octanol–water partition coefficient (Wildman–Crippen LogP) is 2.26. The fraction of sp³-hybridized carbons (Fsp3) is 0.714. The van der Waals surface area contributed by atoms with Crippen LogP contribution in [-0.2, 0) is 21.3 Å². The molecule has 0 amide bonds. The number of hydrogen-bond acceptors (Lipinski definition) is 5. The summed E-state index contributed by atoms with van der Waals surface area (Å²) in [5.74, 6) is 0. The molecule has 0 atom stereocenters. The smallest absolute Gasteiger partial charge is 0.242 e. The van der Waals surface area contributed by atoms with Crippen molar-refractivity contribution in [3.8, 4) is 0 Å². The Balaban J connectivity index is 2.89. The third kappa shape index (κ3) is 5.34. The van der Waals surface area contributed by atoms with Gasteiger partial charge in [0.2, 0.25) is 10.0 Å². The summed E-state index contributed by atoms with van der Waals surface area (Å²) in [6, 6.07) is 0. The average molecular weight is 335 g/mol. The van der Waals surface area contributed by atoms with Gasteiger partial charge in [-0.1, -0.05) is 6.92 Å². The van der Waals surface area contributed by atoms with Gasteiger partial charge in [0, 0.05) is 25.1 Å². The van der Waals surface area contributed by atoms with Crippen LogP contribution in [-0.4, -0.2) is 34.2 Å². The highest BCUT2D eigenvalue weighted by molar-refractivity contribution is 7.89. The van der Waals surface area contributed by atoms with Crippen molar-refractivity contribution < 1.29 is 13.2 Å². The second-order valence-electron chi connectivity index (χ2n) is 5.64. The Morgan fingerprint density at radius 1 is 1.38 bits per heavy atom. The lowest BCUT2D eigenvalue weighted by molar-refractivity contribution is 0.0276. The van der Waals surface area contributed by atoms with Crippen LogP contribution in [0.2, 0.25) is 0 Å². The minimum atomic E-state index is -3.52. The zero-order valence-corrected chi connectivity index (χ0v) is 15.1.